The molecule has 0 amide bonds. The molecule has 2 aromatic carbocycles. The van der Waals surface area contributed by atoms with Crippen molar-refractivity contribution >= 4 is 11.8 Å². The van der Waals surface area contributed by atoms with Crippen LogP contribution in [0.15, 0.2) is 53.4 Å². The van der Waals surface area contributed by atoms with Gasteiger partial charge in [0.2, 0.25) is 0 Å². The first-order chi connectivity index (χ1) is 9.86. The molecule has 0 spiro atoms. The van der Waals surface area contributed by atoms with Gasteiger partial charge in [-0.25, -0.2) is 0 Å². The topological polar surface area (TPSA) is 21.3 Å². The number of fused-ring (bicyclic) bond motifs is 1. The maximum Gasteiger partial charge on any atom is 0.118 e. The predicted octanol–water partition coefficient (Wildman–Crippen LogP) is 3.67. The Hall–Kier alpha value is -1.45. The largest absolute Gasteiger partial charge is 0.497 e. The standard InChI is InChI=1S/C17H19NOS/c1-19-15-8-6-13(7-9-15)10-18-11-14-12-20-17-5-3-2-4-16(14)17/h2-9,14,18H,10-12H2,1H3. The maximum absolute atomic E-state index is 5.17. The van der Waals surface area contributed by atoms with E-state index in [0.29, 0.717) is 5.92 Å². The van der Waals surface area contributed by atoms with Gasteiger partial charge in [-0.2, -0.15) is 0 Å². The van der Waals surface area contributed by atoms with Crippen LogP contribution in [0.4, 0.5) is 0 Å². The van der Waals surface area contributed by atoms with Crippen LogP contribution < -0.4 is 10.1 Å². The average Bonchev–Trinajstić information content (AvgIpc) is 2.92. The number of hydrogen-bond acceptors (Lipinski definition) is 3. The van der Waals surface area contributed by atoms with Crippen LogP contribution in [0, 0.1) is 0 Å². The lowest BCUT2D eigenvalue weighted by atomic mass is 10.0. The van der Waals surface area contributed by atoms with Gasteiger partial charge in [0.05, 0.1) is 7.11 Å². The Morgan fingerprint density at radius 1 is 1.15 bits per heavy atom. The summed E-state index contributed by atoms with van der Waals surface area (Å²) >= 11 is 1.97. The van der Waals surface area contributed by atoms with Gasteiger partial charge in [0, 0.05) is 29.7 Å². The summed E-state index contributed by atoms with van der Waals surface area (Å²) in [6, 6.07) is 17.0. The fourth-order valence-corrected chi connectivity index (χ4v) is 3.79. The summed E-state index contributed by atoms with van der Waals surface area (Å²) in [5, 5.41) is 3.57. The molecule has 3 heteroatoms. The lowest BCUT2D eigenvalue weighted by Gasteiger charge is -2.12. The van der Waals surface area contributed by atoms with E-state index in [0.717, 1.165) is 18.8 Å². The van der Waals surface area contributed by atoms with Crippen LogP contribution in [-0.4, -0.2) is 19.4 Å². The molecule has 0 fully saturated rings. The minimum Gasteiger partial charge on any atom is -0.497 e. The Labute approximate surface area is 124 Å². The second-order valence-corrected chi connectivity index (χ2v) is 6.09. The first kappa shape index (κ1) is 13.5. The zero-order chi connectivity index (χ0) is 13.8. The Bertz CT molecular complexity index is 567. The summed E-state index contributed by atoms with van der Waals surface area (Å²) < 4.78 is 5.17. The highest BCUT2D eigenvalue weighted by Crippen LogP contribution is 2.38. The Balaban J connectivity index is 1.53. The molecule has 0 aliphatic carbocycles. The highest BCUT2D eigenvalue weighted by Gasteiger charge is 2.21. The van der Waals surface area contributed by atoms with Crippen molar-refractivity contribution in [1.29, 1.82) is 0 Å². The highest BCUT2D eigenvalue weighted by molar-refractivity contribution is 7.99. The van der Waals surface area contributed by atoms with Gasteiger partial charge >= 0.3 is 0 Å². The fourth-order valence-electron chi connectivity index (χ4n) is 2.53. The number of rotatable bonds is 5. The monoisotopic (exact) mass is 285 g/mol. The third-order valence-electron chi connectivity index (χ3n) is 3.68. The Kier molecular flexibility index (Phi) is 4.28. The summed E-state index contributed by atoms with van der Waals surface area (Å²) in [6.45, 7) is 1.95. The number of nitrogens with one attached hydrogen (secondary N) is 1. The molecular formula is C17H19NOS. The van der Waals surface area contributed by atoms with E-state index in [1.807, 2.05) is 23.9 Å². The second kappa shape index (κ2) is 6.33. The van der Waals surface area contributed by atoms with Gasteiger partial charge in [-0.15, -0.1) is 11.8 Å². The van der Waals surface area contributed by atoms with Crippen LogP contribution in [0.5, 0.6) is 5.75 Å². The summed E-state index contributed by atoms with van der Waals surface area (Å²) in [5.41, 5.74) is 2.80. The van der Waals surface area contributed by atoms with Gasteiger partial charge < -0.3 is 10.1 Å². The lowest BCUT2D eigenvalue weighted by Crippen LogP contribution is -2.21. The molecule has 1 heterocycles. The summed E-state index contributed by atoms with van der Waals surface area (Å²) in [4.78, 5) is 1.45. The van der Waals surface area contributed by atoms with Crippen LogP contribution in [0.3, 0.4) is 0 Å². The van der Waals surface area contributed by atoms with Crippen LogP contribution in [0.2, 0.25) is 0 Å². The van der Waals surface area contributed by atoms with Gasteiger partial charge in [-0.05, 0) is 29.3 Å². The summed E-state index contributed by atoms with van der Waals surface area (Å²) in [5.74, 6) is 2.74. The first-order valence-electron chi connectivity index (χ1n) is 6.92. The molecule has 0 radical (unpaired) electrons. The zero-order valence-corrected chi connectivity index (χ0v) is 12.5. The molecule has 1 aliphatic rings. The van der Waals surface area contributed by atoms with Crippen molar-refractivity contribution < 1.29 is 4.74 Å². The predicted molar refractivity (Wildman–Crippen MR) is 84.6 cm³/mol. The molecule has 0 saturated carbocycles. The Morgan fingerprint density at radius 2 is 1.95 bits per heavy atom. The lowest BCUT2D eigenvalue weighted by molar-refractivity contribution is 0.414. The van der Waals surface area contributed by atoms with Crippen molar-refractivity contribution in [1.82, 2.24) is 5.32 Å². The minimum absolute atomic E-state index is 0.634. The van der Waals surface area contributed by atoms with Gasteiger partial charge in [0.1, 0.15) is 5.75 Å². The second-order valence-electron chi connectivity index (χ2n) is 5.02. The van der Waals surface area contributed by atoms with Gasteiger partial charge in [-0.1, -0.05) is 30.3 Å². The van der Waals surface area contributed by atoms with Gasteiger partial charge in [0.15, 0.2) is 0 Å². The molecular weight excluding hydrogens is 266 g/mol. The van der Waals surface area contributed by atoms with Crippen molar-refractivity contribution in [2.24, 2.45) is 0 Å². The molecule has 20 heavy (non-hydrogen) atoms. The average molecular weight is 285 g/mol. The quantitative estimate of drug-likeness (QED) is 0.905. The van der Waals surface area contributed by atoms with Gasteiger partial charge in [0.25, 0.3) is 0 Å². The maximum atomic E-state index is 5.17. The SMILES string of the molecule is COc1ccc(CNCC2CSc3ccccc32)cc1. The third kappa shape index (κ3) is 3.00. The van der Waals surface area contributed by atoms with Crippen molar-refractivity contribution in [2.75, 3.05) is 19.4 Å². The number of hydrogen-bond donors (Lipinski definition) is 1. The molecule has 1 unspecified atom stereocenters. The van der Waals surface area contributed by atoms with E-state index in [1.165, 1.54) is 21.8 Å². The van der Waals surface area contributed by atoms with Gasteiger partial charge in [-0.3, -0.25) is 0 Å². The molecule has 0 bridgehead atoms. The van der Waals surface area contributed by atoms with E-state index in [9.17, 15) is 0 Å². The van der Waals surface area contributed by atoms with Crippen LogP contribution in [-0.2, 0) is 6.54 Å². The molecule has 104 valence electrons. The van der Waals surface area contributed by atoms with E-state index in [1.54, 1.807) is 7.11 Å². The fraction of sp³-hybridized carbons (Fsp3) is 0.294. The number of methoxy groups -OCH3 is 1. The normalized spacial score (nSPS) is 16.9. The number of ether oxygens (including phenoxy) is 1. The molecule has 1 N–H and O–H groups in total. The Morgan fingerprint density at radius 3 is 2.75 bits per heavy atom. The highest BCUT2D eigenvalue weighted by atomic mass is 32.2. The van der Waals surface area contributed by atoms with Crippen LogP contribution in [0.25, 0.3) is 0 Å². The van der Waals surface area contributed by atoms with E-state index in [2.05, 4.69) is 41.7 Å². The summed E-state index contributed by atoms with van der Waals surface area (Å²) in [6.07, 6.45) is 0. The molecule has 3 rings (SSSR count). The molecule has 2 nitrogen and oxygen atoms in total. The zero-order valence-electron chi connectivity index (χ0n) is 11.6. The minimum atomic E-state index is 0.634. The first-order valence-corrected chi connectivity index (χ1v) is 7.91. The van der Waals surface area contributed by atoms with E-state index < -0.39 is 0 Å². The van der Waals surface area contributed by atoms with Crippen LogP contribution >= 0.6 is 11.8 Å². The molecule has 1 aliphatic heterocycles. The number of thioether (sulfide) groups is 1. The smallest absolute Gasteiger partial charge is 0.118 e. The molecule has 1 atom stereocenters. The number of benzene rings is 2. The van der Waals surface area contributed by atoms with Crippen molar-refractivity contribution in [3.63, 3.8) is 0 Å². The molecule has 0 aromatic heterocycles. The van der Waals surface area contributed by atoms with Crippen LogP contribution in [0.1, 0.15) is 17.0 Å². The molecule has 0 saturated heterocycles. The van der Waals surface area contributed by atoms with E-state index in [4.69, 9.17) is 4.74 Å². The van der Waals surface area contributed by atoms with Crippen molar-refractivity contribution in [3.8, 4) is 5.75 Å². The third-order valence-corrected chi connectivity index (χ3v) is 4.93. The van der Waals surface area contributed by atoms with E-state index >= 15 is 0 Å². The van der Waals surface area contributed by atoms with E-state index in [-0.39, 0.29) is 0 Å². The summed E-state index contributed by atoms with van der Waals surface area (Å²) in [7, 11) is 1.70. The van der Waals surface area contributed by atoms with Crippen molar-refractivity contribution in [2.45, 2.75) is 17.4 Å². The molecule has 2 aromatic rings. The van der Waals surface area contributed by atoms with Crippen molar-refractivity contribution in [3.05, 3.63) is 59.7 Å².